The van der Waals surface area contributed by atoms with Crippen LogP contribution in [-0.2, 0) is 16.0 Å². The van der Waals surface area contributed by atoms with Crippen LogP contribution in [0.3, 0.4) is 0 Å². The van der Waals surface area contributed by atoms with Crippen molar-refractivity contribution in [3.05, 3.63) is 75.1 Å². The van der Waals surface area contributed by atoms with Crippen molar-refractivity contribution in [2.45, 2.75) is 33.3 Å². The second-order valence-corrected chi connectivity index (χ2v) is 6.87. The Kier molecular flexibility index (Phi) is 5.82. The number of ether oxygens (including phenoxy) is 2. The third-order valence-electron chi connectivity index (χ3n) is 4.77. The minimum Gasteiger partial charge on any atom is -0.482 e. The quantitative estimate of drug-likeness (QED) is 0.359. The molecule has 0 spiro atoms. The highest BCUT2D eigenvalue weighted by Crippen LogP contribution is 2.32. The topological polar surface area (TPSA) is 82.8 Å². The highest BCUT2D eigenvalue weighted by Gasteiger charge is 2.22. The zero-order valence-corrected chi connectivity index (χ0v) is 16.8. The number of hydrogen-bond donors (Lipinski definition) is 0. The lowest BCUT2D eigenvalue weighted by atomic mass is 10.0. The number of rotatable bonds is 6. The first-order chi connectivity index (χ1) is 13.8. The molecule has 3 aromatic rings. The van der Waals surface area contributed by atoms with E-state index in [2.05, 4.69) is 4.74 Å². The van der Waals surface area contributed by atoms with E-state index in [0.717, 1.165) is 5.56 Å². The molecule has 150 valence electrons. The average Bonchev–Trinajstić information content (AvgIpc) is 2.70. The van der Waals surface area contributed by atoms with Crippen molar-refractivity contribution in [1.82, 2.24) is 0 Å². The van der Waals surface area contributed by atoms with Gasteiger partial charge in [0.25, 0.3) is 0 Å². The van der Waals surface area contributed by atoms with Gasteiger partial charge in [0, 0.05) is 5.56 Å². The zero-order chi connectivity index (χ0) is 21.1. The van der Waals surface area contributed by atoms with E-state index < -0.39 is 17.7 Å². The summed E-state index contributed by atoms with van der Waals surface area (Å²) in [5, 5.41) is 0.557. The van der Waals surface area contributed by atoms with Crippen LogP contribution in [0.5, 0.6) is 5.75 Å². The number of hydrogen-bond acceptors (Lipinski definition) is 6. The summed E-state index contributed by atoms with van der Waals surface area (Å²) in [5.74, 6) is -0.281. The van der Waals surface area contributed by atoms with Gasteiger partial charge in [0.05, 0.1) is 24.5 Å². The lowest BCUT2D eigenvalue weighted by Gasteiger charge is -2.17. The predicted molar refractivity (Wildman–Crippen MR) is 109 cm³/mol. The Labute approximate surface area is 168 Å². The molecule has 0 bridgehead atoms. The van der Waals surface area contributed by atoms with Crippen LogP contribution in [0.25, 0.3) is 11.0 Å². The van der Waals surface area contributed by atoms with Gasteiger partial charge in [0.2, 0.25) is 5.78 Å². The van der Waals surface area contributed by atoms with E-state index in [1.807, 2.05) is 13.0 Å². The number of fused-ring (bicyclic) bond motifs is 1. The molecule has 0 aliphatic heterocycles. The van der Waals surface area contributed by atoms with Gasteiger partial charge < -0.3 is 13.9 Å². The molecule has 0 fully saturated rings. The van der Waals surface area contributed by atoms with E-state index in [1.54, 1.807) is 50.2 Å². The smallest absolute Gasteiger partial charge is 0.340 e. The Morgan fingerprint density at radius 3 is 2.45 bits per heavy atom. The Morgan fingerprint density at radius 2 is 1.79 bits per heavy atom. The Balaban J connectivity index is 2.07. The maximum absolute atomic E-state index is 12.7. The molecule has 0 N–H and O–H groups in total. The number of Topliss-reactive ketones (excluding diaryl/α,β-unsaturated/α-hetero) is 1. The second-order valence-electron chi connectivity index (χ2n) is 6.87. The van der Waals surface area contributed by atoms with Gasteiger partial charge in [-0.15, -0.1) is 0 Å². The Morgan fingerprint density at radius 1 is 1.10 bits per heavy atom. The summed E-state index contributed by atoms with van der Waals surface area (Å²) < 4.78 is 16.1. The molecule has 1 heterocycles. The Bertz CT molecular complexity index is 1130. The van der Waals surface area contributed by atoms with Gasteiger partial charge in [-0.1, -0.05) is 30.3 Å². The zero-order valence-electron chi connectivity index (χ0n) is 16.8. The minimum atomic E-state index is -0.752. The summed E-state index contributed by atoms with van der Waals surface area (Å²) >= 11 is 0. The van der Waals surface area contributed by atoms with Gasteiger partial charge in [-0.3, -0.25) is 9.59 Å². The van der Waals surface area contributed by atoms with E-state index in [1.165, 1.54) is 7.11 Å². The number of aryl methyl sites for hydroxylation is 2. The number of methoxy groups -OCH3 is 1. The molecule has 0 aliphatic rings. The first-order valence-corrected chi connectivity index (χ1v) is 9.21. The lowest BCUT2D eigenvalue weighted by Crippen LogP contribution is -2.24. The van der Waals surface area contributed by atoms with Gasteiger partial charge >= 0.3 is 11.6 Å². The summed E-state index contributed by atoms with van der Waals surface area (Å²) in [6.07, 6.45) is -0.954. The van der Waals surface area contributed by atoms with E-state index in [-0.39, 0.29) is 17.8 Å². The lowest BCUT2D eigenvalue weighted by molar-refractivity contribution is -0.139. The molecule has 29 heavy (non-hydrogen) atoms. The third kappa shape index (κ3) is 4.21. The van der Waals surface area contributed by atoms with Gasteiger partial charge in [-0.2, -0.15) is 0 Å². The fourth-order valence-electron chi connectivity index (χ4n) is 3.23. The maximum Gasteiger partial charge on any atom is 0.340 e. The highest BCUT2D eigenvalue weighted by atomic mass is 16.5. The maximum atomic E-state index is 12.7. The SMILES string of the molecule is COC(=O)Cc1c(C)c2c(OC(C)C(=O)c3ccccc3)cc(C)cc2oc1=O. The monoisotopic (exact) mass is 394 g/mol. The van der Waals surface area contributed by atoms with Crippen LogP contribution in [0.2, 0.25) is 0 Å². The Hall–Kier alpha value is -3.41. The van der Waals surface area contributed by atoms with Crippen molar-refractivity contribution in [2.24, 2.45) is 0 Å². The van der Waals surface area contributed by atoms with Crippen LogP contribution < -0.4 is 10.4 Å². The fraction of sp³-hybridized carbons (Fsp3) is 0.261. The molecular weight excluding hydrogens is 372 g/mol. The molecule has 3 rings (SSSR count). The molecule has 0 amide bonds. The molecule has 0 saturated heterocycles. The number of esters is 1. The summed E-state index contributed by atoms with van der Waals surface area (Å²) in [5.41, 5.74) is 1.89. The first kappa shape index (κ1) is 20.3. The molecule has 6 heteroatoms. The van der Waals surface area contributed by atoms with Crippen molar-refractivity contribution in [3.63, 3.8) is 0 Å². The molecule has 0 aliphatic carbocycles. The van der Waals surface area contributed by atoms with Crippen molar-refractivity contribution in [1.29, 1.82) is 0 Å². The van der Waals surface area contributed by atoms with E-state index in [9.17, 15) is 14.4 Å². The standard InChI is InChI=1S/C23H22O6/c1-13-10-18(28-15(3)22(25)16-8-6-5-7-9-16)21-14(2)17(12-20(24)27-4)23(26)29-19(21)11-13/h5-11,15H,12H2,1-4H3. The van der Waals surface area contributed by atoms with Crippen LogP contribution in [0.4, 0.5) is 0 Å². The molecule has 1 atom stereocenters. The minimum absolute atomic E-state index is 0.162. The summed E-state index contributed by atoms with van der Waals surface area (Å²) in [4.78, 5) is 36.8. The second kappa shape index (κ2) is 8.31. The van der Waals surface area contributed by atoms with Crippen LogP contribution in [0.1, 0.15) is 34.0 Å². The van der Waals surface area contributed by atoms with Crippen molar-refractivity contribution < 1.29 is 23.5 Å². The van der Waals surface area contributed by atoms with E-state index >= 15 is 0 Å². The van der Waals surface area contributed by atoms with E-state index in [4.69, 9.17) is 9.15 Å². The highest BCUT2D eigenvalue weighted by molar-refractivity contribution is 5.99. The van der Waals surface area contributed by atoms with Crippen LogP contribution in [0, 0.1) is 13.8 Å². The predicted octanol–water partition coefficient (Wildman–Crippen LogP) is 3.78. The molecule has 6 nitrogen and oxygen atoms in total. The van der Waals surface area contributed by atoms with E-state index in [0.29, 0.717) is 27.8 Å². The van der Waals surface area contributed by atoms with Crippen molar-refractivity contribution >= 4 is 22.7 Å². The normalized spacial score (nSPS) is 11.9. The first-order valence-electron chi connectivity index (χ1n) is 9.21. The molecule has 1 unspecified atom stereocenters. The number of ketones is 1. The number of carbonyl (C=O) groups is 2. The van der Waals surface area contributed by atoms with Crippen LogP contribution >= 0.6 is 0 Å². The van der Waals surface area contributed by atoms with Gasteiger partial charge in [-0.05, 0) is 44.0 Å². The molecule has 1 aromatic heterocycles. The largest absolute Gasteiger partial charge is 0.482 e. The summed E-state index contributed by atoms with van der Waals surface area (Å²) in [6, 6.07) is 12.4. The van der Waals surface area contributed by atoms with Crippen LogP contribution in [-0.4, -0.2) is 25.0 Å². The fourth-order valence-corrected chi connectivity index (χ4v) is 3.23. The van der Waals surface area contributed by atoms with Gasteiger partial charge in [-0.25, -0.2) is 4.79 Å². The molecule has 0 radical (unpaired) electrons. The number of benzene rings is 2. The van der Waals surface area contributed by atoms with Gasteiger partial charge in [0.15, 0.2) is 6.10 Å². The summed E-state index contributed by atoms with van der Waals surface area (Å²) in [6.45, 7) is 5.24. The van der Waals surface area contributed by atoms with Gasteiger partial charge in [0.1, 0.15) is 11.3 Å². The third-order valence-corrected chi connectivity index (χ3v) is 4.77. The molecular formula is C23H22O6. The van der Waals surface area contributed by atoms with Crippen molar-refractivity contribution in [3.8, 4) is 5.75 Å². The molecule has 2 aromatic carbocycles. The van der Waals surface area contributed by atoms with Crippen LogP contribution in [0.15, 0.2) is 51.7 Å². The number of carbonyl (C=O) groups excluding carboxylic acids is 2. The summed E-state index contributed by atoms with van der Waals surface area (Å²) in [7, 11) is 1.26. The molecule has 0 saturated carbocycles. The van der Waals surface area contributed by atoms with Crippen molar-refractivity contribution in [2.75, 3.05) is 7.11 Å². The average molecular weight is 394 g/mol.